The van der Waals surface area contributed by atoms with Crippen LogP contribution < -0.4 is 16.0 Å². The first kappa shape index (κ1) is 16.3. The summed E-state index contributed by atoms with van der Waals surface area (Å²) in [6.45, 7) is 6.74. The average Bonchev–Trinajstić information content (AvgIpc) is 2.81. The van der Waals surface area contributed by atoms with Gasteiger partial charge in [-0.15, -0.1) is 0 Å². The molecule has 0 saturated carbocycles. The second kappa shape index (κ2) is 6.36. The third-order valence-corrected chi connectivity index (χ3v) is 3.31. The minimum atomic E-state index is -0.529. The van der Waals surface area contributed by atoms with Crippen LogP contribution in [0.3, 0.4) is 0 Å². The van der Waals surface area contributed by atoms with Crippen LogP contribution in [0.1, 0.15) is 31.9 Å². The number of carbonyl (C=O) groups excluding carboxylic acids is 2. The van der Waals surface area contributed by atoms with Gasteiger partial charge in [0.1, 0.15) is 5.60 Å². The summed E-state index contributed by atoms with van der Waals surface area (Å²) in [7, 11) is 0. The van der Waals surface area contributed by atoms with Crippen LogP contribution in [-0.4, -0.2) is 30.7 Å². The molecule has 0 aliphatic carbocycles. The number of nitrogens with one attached hydrogen (secondary N) is 1. The number of rotatable bonds is 4. The predicted octanol–water partition coefficient (Wildman–Crippen LogP) is 1.56. The maximum Gasteiger partial charge on any atom is 0.414 e. The van der Waals surface area contributed by atoms with Gasteiger partial charge >= 0.3 is 6.09 Å². The molecule has 0 fully saturated rings. The lowest BCUT2D eigenvalue weighted by Gasteiger charge is -2.26. The van der Waals surface area contributed by atoms with E-state index in [2.05, 4.69) is 5.32 Å². The highest BCUT2D eigenvalue weighted by Crippen LogP contribution is 2.33. The minimum Gasteiger partial charge on any atom is -0.443 e. The number of hydrogen-bond donors (Lipinski definition) is 2. The van der Waals surface area contributed by atoms with Crippen LogP contribution in [0.25, 0.3) is 0 Å². The molecule has 2 rings (SSSR count). The van der Waals surface area contributed by atoms with Crippen LogP contribution in [-0.2, 0) is 22.5 Å². The van der Waals surface area contributed by atoms with Gasteiger partial charge in [0.05, 0.1) is 12.2 Å². The first-order chi connectivity index (χ1) is 10.3. The van der Waals surface area contributed by atoms with Crippen LogP contribution in [0.5, 0.6) is 0 Å². The molecule has 120 valence electrons. The molecule has 0 spiro atoms. The lowest BCUT2D eigenvalue weighted by atomic mass is 10.1. The second-order valence-electron chi connectivity index (χ2n) is 6.38. The van der Waals surface area contributed by atoms with E-state index in [9.17, 15) is 9.59 Å². The van der Waals surface area contributed by atoms with Gasteiger partial charge in [-0.2, -0.15) is 0 Å². The molecule has 0 atom stereocenters. The van der Waals surface area contributed by atoms with Crippen molar-refractivity contribution in [1.29, 1.82) is 0 Å². The van der Waals surface area contributed by atoms with E-state index in [4.69, 9.17) is 10.5 Å². The molecule has 0 unspecified atom stereocenters. The number of nitrogens with two attached hydrogens (primary N) is 1. The Labute approximate surface area is 130 Å². The zero-order chi connectivity index (χ0) is 16.3. The Bertz CT molecular complexity index is 578. The van der Waals surface area contributed by atoms with Gasteiger partial charge in [0, 0.05) is 13.1 Å². The first-order valence-electron chi connectivity index (χ1n) is 7.38. The largest absolute Gasteiger partial charge is 0.443 e. The summed E-state index contributed by atoms with van der Waals surface area (Å²) in [6.07, 6.45) is 0.465. The normalized spacial score (nSPS) is 13.9. The number of primary amides is 1. The number of carbonyl (C=O) groups is 2. The van der Waals surface area contributed by atoms with Crippen LogP contribution in [0.2, 0.25) is 0 Å². The van der Waals surface area contributed by atoms with Gasteiger partial charge in [-0.25, -0.2) is 4.79 Å². The van der Waals surface area contributed by atoms with E-state index in [1.165, 1.54) is 0 Å². The van der Waals surface area contributed by atoms with Crippen LogP contribution in [0.4, 0.5) is 10.5 Å². The Morgan fingerprint density at radius 2 is 2.09 bits per heavy atom. The summed E-state index contributed by atoms with van der Waals surface area (Å²) in [5.74, 6) is -0.406. The van der Waals surface area contributed by atoms with E-state index >= 15 is 0 Å². The summed E-state index contributed by atoms with van der Waals surface area (Å²) in [5, 5.41) is 2.99. The molecule has 6 heteroatoms. The van der Waals surface area contributed by atoms with Crippen molar-refractivity contribution in [3.63, 3.8) is 0 Å². The fraction of sp³-hybridized carbons (Fsp3) is 0.500. The van der Waals surface area contributed by atoms with Crippen molar-refractivity contribution in [2.45, 2.75) is 39.3 Å². The van der Waals surface area contributed by atoms with Crippen LogP contribution in [0.15, 0.2) is 18.2 Å². The molecule has 1 aromatic rings. The van der Waals surface area contributed by atoms with Gasteiger partial charge in [-0.1, -0.05) is 18.2 Å². The van der Waals surface area contributed by atoms with Crippen molar-refractivity contribution >= 4 is 17.7 Å². The van der Waals surface area contributed by atoms with Gasteiger partial charge in [-0.05, 0) is 38.3 Å². The highest BCUT2D eigenvalue weighted by molar-refractivity contribution is 5.91. The molecule has 2 amide bonds. The summed E-state index contributed by atoms with van der Waals surface area (Å²) in [6, 6.07) is 5.91. The van der Waals surface area contributed by atoms with Gasteiger partial charge in [0.2, 0.25) is 5.91 Å². The summed E-state index contributed by atoms with van der Waals surface area (Å²) < 4.78 is 5.47. The Hall–Kier alpha value is -2.08. The van der Waals surface area contributed by atoms with Gasteiger partial charge in [-0.3, -0.25) is 9.69 Å². The molecule has 0 bridgehead atoms. The van der Waals surface area contributed by atoms with Gasteiger partial charge in [0.15, 0.2) is 0 Å². The third kappa shape index (κ3) is 3.98. The average molecular weight is 305 g/mol. The summed E-state index contributed by atoms with van der Waals surface area (Å²) >= 11 is 0. The van der Waals surface area contributed by atoms with Crippen molar-refractivity contribution in [1.82, 2.24) is 5.32 Å². The topological polar surface area (TPSA) is 84.7 Å². The van der Waals surface area contributed by atoms with E-state index in [1.807, 2.05) is 39.0 Å². The lowest BCUT2D eigenvalue weighted by molar-refractivity contribution is -0.117. The van der Waals surface area contributed by atoms with Crippen molar-refractivity contribution in [3.8, 4) is 0 Å². The quantitative estimate of drug-likeness (QED) is 0.884. The van der Waals surface area contributed by atoms with E-state index in [0.29, 0.717) is 13.1 Å². The standard InChI is InChI=1S/C16H23N3O3/c1-16(2,3)22-15(21)19-8-7-11-5-4-6-12(14(11)19)9-18-10-13(17)20/h4-6,18H,7-10H2,1-3H3,(H2,17,20). The van der Waals surface area contributed by atoms with Crippen LogP contribution >= 0.6 is 0 Å². The SMILES string of the molecule is CC(C)(C)OC(=O)N1CCc2cccc(CNCC(N)=O)c21. The molecule has 0 saturated heterocycles. The summed E-state index contributed by atoms with van der Waals surface area (Å²) in [5.41, 5.74) is 7.56. The molecule has 0 radical (unpaired) electrons. The number of benzene rings is 1. The highest BCUT2D eigenvalue weighted by Gasteiger charge is 2.30. The highest BCUT2D eigenvalue weighted by atomic mass is 16.6. The fourth-order valence-electron chi connectivity index (χ4n) is 2.50. The molecule has 3 N–H and O–H groups in total. The smallest absolute Gasteiger partial charge is 0.414 e. The number of para-hydroxylation sites is 1. The van der Waals surface area contributed by atoms with Crippen molar-refractivity contribution < 1.29 is 14.3 Å². The van der Waals surface area contributed by atoms with E-state index in [1.54, 1.807) is 4.90 Å². The van der Waals surface area contributed by atoms with Crippen molar-refractivity contribution in [2.24, 2.45) is 5.73 Å². The maximum atomic E-state index is 12.4. The molecule has 1 aromatic carbocycles. The lowest BCUT2D eigenvalue weighted by Crippen LogP contribution is -2.36. The predicted molar refractivity (Wildman–Crippen MR) is 84.6 cm³/mol. The molecule has 0 aromatic heterocycles. The minimum absolute atomic E-state index is 0.107. The fourth-order valence-corrected chi connectivity index (χ4v) is 2.50. The monoisotopic (exact) mass is 305 g/mol. The molecule has 22 heavy (non-hydrogen) atoms. The van der Waals surface area contributed by atoms with E-state index in [0.717, 1.165) is 23.2 Å². The van der Waals surface area contributed by atoms with Gasteiger partial charge in [0.25, 0.3) is 0 Å². The Morgan fingerprint density at radius 1 is 1.36 bits per heavy atom. The molecule has 1 aliphatic rings. The first-order valence-corrected chi connectivity index (χ1v) is 7.38. The Morgan fingerprint density at radius 3 is 2.73 bits per heavy atom. The number of anilines is 1. The number of ether oxygens (including phenoxy) is 1. The zero-order valence-corrected chi connectivity index (χ0v) is 13.3. The number of hydrogen-bond acceptors (Lipinski definition) is 4. The molecular weight excluding hydrogens is 282 g/mol. The van der Waals surface area contributed by atoms with Crippen molar-refractivity contribution in [3.05, 3.63) is 29.3 Å². The van der Waals surface area contributed by atoms with E-state index < -0.39 is 11.5 Å². The molecular formula is C16H23N3O3. The van der Waals surface area contributed by atoms with Crippen LogP contribution in [0, 0.1) is 0 Å². The second-order valence-corrected chi connectivity index (χ2v) is 6.38. The number of amides is 2. The van der Waals surface area contributed by atoms with E-state index in [-0.39, 0.29) is 12.6 Å². The summed E-state index contributed by atoms with van der Waals surface area (Å²) in [4.78, 5) is 24.9. The molecule has 6 nitrogen and oxygen atoms in total. The number of nitrogens with zero attached hydrogens (tertiary/aromatic N) is 1. The van der Waals surface area contributed by atoms with Crippen molar-refractivity contribution in [2.75, 3.05) is 18.0 Å². The maximum absolute atomic E-state index is 12.4. The number of fused-ring (bicyclic) bond motifs is 1. The Balaban J connectivity index is 2.17. The Kier molecular flexibility index (Phi) is 4.71. The molecule has 1 aliphatic heterocycles. The zero-order valence-electron chi connectivity index (χ0n) is 13.3. The van der Waals surface area contributed by atoms with Gasteiger partial charge < -0.3 is 15.8 Å². The third-order valence-electron chi connectivity index (χ3n) is 3.31. The molecule has 1 heterocycles.